The summed E-state index contributed by atoms with van der Waals surface area (Å²) in [7, 11) is 0. The van der Waals surface area contributed by atoms with E-state index in [-0.39, 0.29) is 5.91 Å². The Morgan fingerprint density at radius 3 is 2.90 bits per heavy atom. The number of anilines is 1. The standard InChI is InChI=1S/C16H19N3O/c20-16(12-13-6-4-8-17-13)18-14-5-3-7-15(11-14)19-9-1-2-10-19/h1-3,5,7,9-11,13,17H,4,6,8,12H2,(H,18,20). The molecule has 1 aromatic heterocycles. The van der Waals surface area contributed by atoms with Gasteiger partial charge in [0, 0.05) is 36.2 Å². The van der Waals surface area contributed by atoms with Gasteiger partial charge in [-0.1, -0.05) is 6.07 Å². The number of benzene rings is 1. The zero-order valence-electron chi connectivity index (χ0n) is 11.4. The van der Waals surface area contributed by atoms with Gasteiger partial charge in [-0.3, -0.25) is 4.79 Å². The predicted molar refractivity (Wildman–Crippen MR) is 80.0 cm³/mol. The van der Waals surface area contributed by atoms with Crippen LogP contribution in [0.3, 0.4) is 0 Å². The van der Waals surface area contributed by atoms with Crippen LogP contribution in [0, 0.1) is 0 Å². The normalized spacial score (nSPS) is 18.1. The number of carbonyl (C=O) groups is 1. The molecule has 0 aliphatic carbocycles. The van der Waals surface area contributed by atoms with Crippen molar-refractivity contribution in [3.63, 3.8) is 0 Å². The topological polar surface area (TPSA) is 46.1 Å². The van der Waals surface area contributed by atoms with Crippen molar-refractivity contribution in [3.05, 3.63) is 48.8 Å². The molecule has 0 saturated carbocycles. The first kappa shape index (κ1) is 12.9. The lowest BCUT2D eigenvalue weighted by Crippen LogP contribution is -2.27. The fraction of sp³-hybridized carbons (Fsp3) is 0.312. The van der Waals surface area contributed by atoms with Gasteiger partial charge in [-0.05, 0) is 49.7 Å². The lowest BCUT2D eigenvalue weighted by Gasteiger charge is -2.11. The SMILES string of the molecule is O=C(CC1CCCN1)Nc1cccc(-n2cccc2)c1. The molecule has 1 atom stereocenters. The highest BCUT2D eigenvalue weighted by molar-refractivity contribution is 5.91. The van der Waals surface area contributed by atoms with Gasteiger partial charge >= 0.3 is 0 Å². The highest BCUT2D eigenvalue weighted by Crippen LogP contribution is 2.16. The van der Waals surface area contributed by atoms with Gasteiger partial charge in [-0.2, -0.15) is 0 Å². The van der Waals surface area contributed by atoms with Gasteiger partial charge in [0.25, 0.3) is 0 Å². The summed E-state index contributed by atoms with van der Waals surface area (Å²) in [6.07, 6.45) is 6.79. The Hall–Kier alpha value is -2.07. The van der Waals surface area contributed by atoms with Crippen molar-refractivity contribution >= 4 is 11.6 Å². The van der Waals surface area contributed by atoms with Crippen molar-refractivity contribution in [1.82, 2.24) is 9.88 Å². The van der Waals surface area contributed by atoms with E-state index in [0.717, 1.165) is 24.3 Å². The third-order valence-electron chi connectivity index (χ3n) is 3.63. The third-order valence-corrected chi connectivity index (χ3v) is 3.63. The van der Waals surface area contributed by atoms with Gasteiger partial charge in [0.15, 0.2) is 0 Å². The Morgan fingerprint density at radius 1 is 1.30 bits per heavy atom. The van der Waals surface area contributed by atoms with Crippen LogP contribution in [0.4, 0.5) is 5.69 Å². The molecule has 1 aromatic carbocycles. The second kappa shape index (κ2) is 5.92. The summed E-state index contributed by atoms with van der Waals surface area (Å²) in [6, 6.07) is 12.2. The molecular formula is C16H19N3O. The van der Waals surface area contributed by atoms with Crippen LogP contribution in [0.5, 0.6) is 0 Å². The van der Waals surface area contributed by atoms with Crippen LogP contribution in [0.25, 0.3) is 5.69 Å². The van der Waals surface area contributed by atoms with Crippen LogP contribution in [0.1, 0.15) is 19.3 Å². The number of amides is 1. The second-order valence-electron chi connectivity index (χ2n) is 5.19. The molecule has 1 amide bonds. The van der Waals surface area contributed by atoms with E-state index in [1.807, 2.05) is 53.4 Å². The first-order valence-corrected chi connectivity index (χ1v) is 7.08. The van der Waals surface area contributed by atoms with Crippen LogP contribution in [0.15, 0.2) is 48.8 Å². The minimum Gasteiger partial charge on any atom is -0.326 e. The molecule has 2 aromatic rings. The van der Waals surface area contributed by atoms with E-state index in [2.05, 4.69) is 10.6 Å². The first-order valence-electron chi connectivity index (χ1n) is 7.08. The van der Waals surface area contributed by atoms with Gasteiger partial charge in [-0.15, -0.1) is 0 Å². The number of carbonyl (C=O) groups excluding carboxylic acids is 1. The Morgan fingerprint density at radius 2 is 2.15 bits per heavy atom. The van der Waals surface area contributed by atoms with Gasteiger partial charge < -0.3 is 15.2 Å². The van der Waals surface area contributed by atoms with E-state index in [1.165, 1.54) is 6.42 Å². The minimum atomic E-state index is 0.0778. The number of nitrogens with one attached hydrogen (secondary N) is 2. The number of rotatable bonds is 4. The van der Waals surface area contributed by atoms with Gasteiger partial charge in [-0.25, -0.2) is 0 Å². The molecule has 4 heteroatoms. The Kier molecular flexibility index (Phi) is 3.83. The highest BCUT2D eigenvalue weighted by Gasteiger charge is 2.17. The molecule has 1 aliphatic heterocycles. The maximum Gasteiger partial charge on any atom is 0.225 e. The monoisotopic (exact) mass is 269 g/mol. The molecule has 2 N–H and O–H groups in total. The van der Waals surface area contributed by atoms with Crippen molar-refractivity contribution in [2.24, 2.45) is 0 Å². The lowest BCUT2D eigenvalue weighted by atomic mass is 10.1. The zero-order valence-corrected chi connectivity index (χ0v) is 11.4. The van der Waals surface area contributed by atoms with Crippen molar-refractivity contribution in [2.75, 3.05) is 11.9 Å². The van der Waals surface area contributed by atoms with Crippen LogP contribution in [0.2, 0.25) is 0 Å². The molecule has 20 heavy (non-hydrogen) atoms. The maximum absolute atomic E-state index is 12.0. The average molecular weight is 269 g/mol. The van der Waals surface area contributed by atoms with Crippen molar-refractivity contribution in [1.29, 1.82) is 0 Å². The average Bonchev–Trinajstić information content (AvgIpc) is 3.11. The zero-order chi connectivity index (χ0) is 13.8. The van der Waals surface area contributed by atoms with Crippen LogP contribution < -0.4 is 10.6 Å². The lowest BCUT2D eigenvalue weighted by molar-refractivity contribution is -0.116. The fourth-order valence-corrected chi connectivity index (χ4v) is 2.62. The second-order valence-corrected chi connectivity index (χ2v) is 5.19. The number of hydrogen-bond donors (Lipinski definition) is 2. The summed E-state index contributed by atoms with van der Waals surface area (Å²) < 4.78 is 2.02. The molecule has 104 valence electrons. The summed E-state index contributed by atoms with van der Waals surface area (Å²) in [5, 5.41) is 6.32. The van der Waals surface area contributed by atoms with Gasteiger partial charge in [0.1, 0.15) is 0 Å². The Bertz CT molecular complexity index is 571. The summed E-state index contributed by atoms with van der Waals surface area (Å²) in [5.41, 5.74) is 1.89. The fourth-order valence-electron chi connectivity index (χ4n) is 2.62. The van der Waals surface area contributed by atoms with Crippen LogP contribution >= 0.6 is 0 Å². The Balaban J connectivity index is 1.65. The van der Waals surface area contributed by atoms with E-state index in [0.29, 0.717) is 12.5 Å². The number of nitrogens with zero attached hydrogens (tertiary/aromatic N) is 1. The first-order chi connectivity index (χ1) is 9.81. The largest absolute Gasteiger partial charge is 0.326 e. The van der Waals surface area contributed by atoms with E-state index in [1.54, 1.807) is 0 Å². The van der Waals surface area contributed by atoms with E-state index in [9.17, 15) is 4.79 Å². The summed E-state index contributed by atoms with van der Waals surface area (Å²) in [4.78, 5) is 12.0. The van der Waals surface area contributed by atoms with Gasteiger partial charge in [0.05, 0.1) is 0 Å². The summed E-state index contributed by atoms with van der Waals surface area (Å²) in [5.74, 6) is 0.0778. The van der Waals surface area contributed by atoms with Crippen molar-refractivity contribution in [2.45, 2.75) is 25.3 Å². The summed E-state index contributed by atoms with van der Waals surface area (Å²) in [6.45, 7) is 1.03. The molecule has 4 nitrogen and oxygen atoms in total. The Labute approximate surface area is 118 Å². The van der Waals surface area contributed by atoms with E-state index >= 15 is 0 Å². The molecule has 2 heterocycles. The van der Waals surface area contributed by atoms with E-state index < -0.39 is 0 Å². The molecule has 1 unspecified atom stereocenters. The number of aromatic nitrogens is 1. The van der Waals surface area contributed by atoms with Gasteiger partial charge in [0.2, 0.25) is 5.91 Å². The van der Waals surface area contributed by atoms with Crippen molar-refractivity contribution < 1.29 is 4.79 Å². The van der Waals surface area contributed by atoms with Crippen LogP contribution in [-0.4, -0.2) is 23.1 Å². The summed E-state index contributed by atoms with van der Waals surface area (Å²) >= 11 is 0. The molecular weight excluding hydrogens is 250 g/mol. The molecule has 0 bridgehead atoms. The maximum atomic E-state index is 12.0. The quantitative estimate of drug-likeness (QED) is 0.896. The van der Waals surface area contributed by atoms with Crippen molar-refractivity contribution in [3.8, 4) is 5.69 Å². The van der Waals surface area contributed by atoms with Crippen LogP contribution in [-0.2, 0) is 4.79 Å². The number of hydrogen-bond acceptors (Lipinski definition) is 2. The predicted octanol–water partition coefficient (Wildman–Crippen LogP) is 2.56. The van der Waals surface area contributed by atoms with E-state index in [4.69, 9.17) is 0 Å². The molecule has 1 fully saturated rings. The third kappa shape index (κ3) is 3.08. The minimum absolute atomic E-state index is 0.0778. The molecule has 1 aliphatic rings. The molecule has 0 spiro atoms. The molecule has 1 saturated heterocycles. The smallest absolute Gasteiger partial charge is 0.225 e. The highest BCUT2D eigenvalue weighted by atomic mass is 16.1. The molecule has 3 rings (SSSR count). The molecule has 0 radical (unpaired) electrons.